The van der Waals surface area contributed by atoms with Crippen molar-refractivity contribution in [2.45, 2.75) is 39.7 Å². The summed E-state index contributed by atoms with van der Waals surface area (Å²) in [6.07, 6.45) is 0.370. The van der Waals surface area contributed by atoms with E-state index in [1.54, 1.807) is 32.9 Å². The second-order valence-corrected chi connectivity index (χ2v) is 4.97. The number of benzene rings is 1. The highest BCUT2D eigenvalue weighted by Crippen LogP contribution is 2.18. The fourth-order valence-corrected chi connectivity index (χ4v) is 1.67. The summed E-state index contributed by atoms with van der Waals surface area (Å²) in [7, 11) is 0. The predicted octanol–water partition coefficient (Wildman–Crippen LogP) is 2.70. The molecule has 0 radical (unpaired) electrons. The molecule has 1 N–H and O–H groups in total. The molecule has 104 valence electrons. The Labute approximate surface area is 113 Å². The molecule has 0 bridgehead atoms. The molecule has 4 heteroatoms. The highest BCUT2D eigenvalue weighted by molar-refractivity contribution is 5.75. The molecule has 1 rings (SSSR count). The highest BCUT2D eigenvalue weighted by atomic mass is 16.5. The van der Waals surface area contributed by atoms with Gasteiger partial charge in [-0.05, 0) is 31.0 Å². The van der Waals surface area contributed by atoms with Crippen LogP contribution in [-0.4, -0.2) is 23.0 Å². The van der Waals surface area contributed by atoms with Crippen LogP contribution < -0.4 is 4.74 Å². The number of Topliss-reactive ketones (excluding diaryl/α,β-unsaturated/α-hetero) is 1. The molecule has 1 aromatic carbocycles. The van der Waals surface area contributed by atoms with Gasteiger partial charge in [0, 0.05) is 12.3 Å². The van der Waals surface area contributed by atoms with Crippen LogP contribution in [0, 0.1) is 5.92 Å². The lowest BCUT2D eigenvalue weighted by atomic mass is 10.1. The predicted molar refractivity (Wildman–Crippen MR) is 72.3 cm³/mol. The Morgan fingerprint density at radius 1 is 1.21 bits per heavy atom. The van der Waals surface area contributed by atoms with Crippen molar-refractivity contribution in [2.24, 2.45) is 5.92 Å². The number of ether oxygens (including phenoxy) is 1. The van der Waals surface area contributed by atoms with Crippen molar-refractivity contribution < 1.29 is 19.4 Å². The molecule has 0 spiro atoms. The fraction of sp³-hybridized carbons (Fsp3) is 0.467. The molecular formula is C15H20O4. The first-order chi connectivity index (χ1) is 8.90. The zero-order valence-electron chi connectivity index (χ0n) is 11.6. The Morgan fingerprint density at radius 2 is 1.79 bits per heavy atom. The topological polar surface area (TPSA) is 63.6 Å². The number of rotatable bonds is 7. The number of carbonyl (C=O) groups excluding carboxylic acids is 1. The van der Waals surface area contributed by atoms with Crippen LogP contribution in [0.1, 0.15) is 32.8 Å². The van der Waals surface area contributed by atoms with Gasteiger partial charge in [-0.15, -0.1) is 0 Å². The molecule has 1 aromatic rings. The lowest BCUT2D eigenvalue weighted by Crippen LogP contribution is -2.32. The van der Waals surface area contributed by atoms with E-state index in [0.717, 1.165) is 5.56 Å². The molecule has 0 aromatic heterocycles. The first kappa shape index (κ1) is 15.2. The smallest absolute Gasteiger partial charge is 0.345 e. The van der Waals surface area contributed by atoms with E-state index >= 15 is 0 Å². The molecule has 0 saturated heterocycles. The number of hydrogen-bond acceptors (Lipinski definition) is 3. The molecule has 0 aliphatic carbocycles. The summed E-state index contributed by atoms with van der Waals surface area (Å²) in [5, 5.41) is 9.04. The van der Waals surface area contributed by atoms with Crippen molar-refractivity contribution in [3.8, 4) is 5.75 Å². The first-order valence-corrected chi connectivity index (χ1v) is 6.38. The second kappa shape index (κ2) is 6.92. The quantitative estimate of drug-likeness (QED) is 0.822. The van der Waals surface area contributed by atoms with Crippen molar-refractivity contribution in [3.05, 3.63) is 29.8 Å². The molecule has 19 heavy (non-hydrogen) atoms. The third-order valence-corrected chi connectivity index (χ3v) is 2.80. The van der Waals surface area contributed by atoms with Crippen LogP contribution in [0.15, 0.2) is 24.3 Å². The van der Waals surface area contributed by atoms with Gasteiger partial charge < -0.3 is 14.6 Å². The second-order valence-electron chi connectivity index (χ2n) is 4.97. The van der Waals surface area contributed by atoms with Crippen molar-refractivity contribution in [3.63, 3.8) is 0 Å². The molecule has 0 aliphatic heterocycles. The zero-order chi connectivity index (χ0) is 14.4. The number of carboxylic acids is 1. The molecule has 0 heterocycles. The summed E-state index contributed by atoms with van der Waals surface area (Å²) in [6.45, 7) is 5.18. The van der Waals surface area contributed by atoms with Gasteiger partial charge in [-0.25, -0.2) is 4.79 Å². The van der Waals surface area contributed by atoms with Gasteiger partial charge in [0.2, 0.25) is 0 Å². The number of ketones is 1. The highest BCUT2D eigenvalue weighted by Gasteiger charge is 2.23. The van der Waals surface area contributed by atoms with Crippen LogP contribution in [0.2, 0.25) is 0 Å². The van der Waals surface area contributed by atoms with Gasteiger partial charge in [-0.2, -0.15) is 0 Å². The minimum absolute atomic E-state index is 0.102. The average Bonchev–Trinajstić information content (AvgIpc) is 2.34. The van der Waals surface area contributed by atoms with Crippen molar-refractivity contribution in [1.82, 2.24) is 0 Å². The molecule has 1 unspecified atom stereocenters. The summed E-state index contributed by atoms with van der Waals surface area (Å²) in [6, 6.07) is 7.20. The minimum Gasteiger partial charge on any atom is -0.478 e. The maximum absolute atomic E-state index is 11.0. The lowest BCUT2D eigenvalue weighted by Gasteiger charge is -2.18. The number of carboxylic acid groups (broad SMARTS) is 1. The normalized spacial score (nSPS) is 12.2. The number of hydrogen-bond donors (Lipinski definition) is 1. The zero-order valence-corrected chi connectivity index (χ0v) is 11.6. The van der Waals surface area contributed by atoms with E-state index in [2.05, 4.69) is 0 Å². The Balaban J connectivity index is 2.65. The van der Waals surface area contributed by atoms with E-state index in [9.17, 15) is 9.59 Å². The maximum atomic E-state index is 11.0. The van der Waals surface area contributed by atoms with Crippen molar-refractivity contribution in [1.29, 1.82) is 0 Å². The van der Waals surface area contributed by atoms with Crippen LogP contribution >= 0.6 is 0 Å². The number of aryl methyl sites for hydroxylation is 1. The molecule has 0 amide bonds. The molecule has 4 nitrogen and oxygen atoms in total. The van der Waals surface area contributed by atoms with Gasteiger partial charge >= 0.3 is 5.97 Å². The Bertz CT molecular complexity index is 434. The average molecular weight is 264 g/mol. The summed E-state index contributed by atoms with van der Waals surface area (Å²) in [5.41, 5.74) is 1.04. The third-order valence-electron chi connectivity index (χ3n) is 2.80. The van der Waals surface area contributed by atoms with Crippen LogP contribution in [0.25, 0.3) is 0 Å². The van der Waals surface area contributed by atoms with Crippen LogP contribution in [0.5, 0.6) is 5.75 Å². The standard InChI is InChI=1S/C15H20O4/c1-10(2)14(15(17)18)19-13-8-6-12(7-9-13)5-4-11(3)16/h6-10,14H,4-5H2,1-3H3,(H,17,18). The summed E-state index contributed by atoms with van der Waals surface area (Å²) < 4.78 is 5.45. The van der Waals surface area contributed by atoms with Crippen LogP contribution in [0.3, 0.4) is 0 Å². The summed E-state index contributed by atoms with van der Waals surface area (Å²) in [4.78, 5) is 21.9. The van der Waals surface area contributed by atoms with E-state index in [1.165, 1.54) is 0 Å². The monoisotopic (exact) mass is 264 g/mol. The Kier molecular flexibility index (Phi) is 5.55. The van der Waals surface area contributed by atoms with Crippen LogP contribution in [0.4, 0.5) is 0 Å². The van der Waals surface area contributed by atoms with Gasteiger partial charge in [0.15, 0.2) is 6.10 Å². The Hall–Kier alpha value is -1.84. The number of carbonyl (C=O) groups is 2. The van der Waals surface area contributed by atoms with Crippen molar-refractivity contribution >= 4 is 11.8 Å². The first-order valence-electron chi connectivity index (χ1n) is 6.38. The maximum Gasteiger partial charge on any atom is 0.345 e. The lowest BCUT2D eigenvalue weighted by molar-refractivity contribution is -0.147. The van der Waals surface area contributed by atoms with E-state index in [1.807, 2.05) is 12.1 Å². The van der Waals surface area contributed by atoms with Gasteiger partial charge in [0.1, 0.15) is 11.5 Å². The van der Waals surface area contributed by atoms with E-state index in [4.69, 9.17) is 9.84 Å². The molecule has 1 atom stereocenters. The van der Waals surface area contributed by atoms with E-state index < -0.39 is 12.1 Å². The SMILES string of the molecule is CC(=O)CCc1ccc(OC(C(=O)O)C(C)C)cc1. The number of aliphatic carboxylic acids is 1. The molecule has 0 aliphatic rings. The van der Waals surface area contributed by atoms with Gasteiger partial charge in [-0.1, -0.05) is 26.0 Å². The van der Waals surface area contributed by atoms with Crippen molar-refractivity contribution in [2.75, 3.05) is 0 Å². The summed E-state index contributed by atoms with van der Waals surface area (Å²) in [5.74, 6) is -0.371. The largest absolute Gasteiger partial charge is 0.478 e. The van der Waals surface area contributed by atoms with E-state index in [-0.39, 0.29) is 11.7 Å². The van der Waals surface area contributed by atoms with Gasteiger partial charge in [0.25, 0.3) is 0 Å². The minimum atomic E-state index is -0.962. The third kappa shape index (κ3) is 5.12. The molecule has 0 saturated carbocycles. The Morgan fingerprint density at radius 3 is 2.21 bits per heavy atom. The van der Waals surface area contributed by atoms with Gasteiger partial charge in [0.05, 0.1) is 0 Å². The fourth-order valence-electron chi connectivity index (χ4n) is 1.67. The molecule has 0 fully saturated rings. The van der Waals surface area contributed by atoms with Crippen LogP contribution in [-0.2, 0) is 16.0 Å². The summed E-state index contributed by atoms with van der Waals surface area (Å²) >= 11 is 0. The molecular weight excluding hydrogens is 244 g/mol. The van der Waals surface area contributed by atoms with Gasteiger partial charge in [-0.3, -0.25) is 0 Å². The van der Waals surface area contributed by atoms with E-state index in [0.29, 0.717) is 18.6 Å².